The first-order chi connectivity index (χ1) is 15.5. The molecule has 0 aliphatic carbocycles. The van der Waals surface area contributed by atoms with Crippen molar-refractivity contribution in [2.45, 2.75) is 24.7 Å². The number of aromatic hydroxyl groups is 1. The second-order valence-corrected chi connectivity index (χ2v) is 8.10. The molecule has 1 fully saturated rings. The van der Waals surface area contributed by atoms with Crippen molar-refractivity contribution in [3.05, 3.63) is 73.3 Å². The summed E-state index contributed by atoms with van der Waals surface area (Å²) in [4.78, 5) is 13.0. The lowest BCUT2D eigenvalue weighted by Gasteiger charge is -2.33. The number of phenols is 1. The minimum Gasteiger partial charge on any atom is -0.507 e. The number of benzene rings is 1. The molecule has 0 saturated carbocycles. The summed E-state index contributed by atoms with van der Waals surface area (Å²) < 4.78 is 20.0. The van der Waals surface area contributed by atoms with Gasteiger partial charge in [-0.3, -0.25) is 9.97 Å². The molecule has 32 heavy (non-hydrogen) atoms. The fraction of sp³-hybridized carbons (Fsp3) is 0.240. The van der Waals surface area contributed by atoms with E-state index in [1.165, 1.54) is 0 Å². The molecule has 1 saturated heterocycles. The molecule has 6 nitrogen and oxygen atoms in total. The van der Waals surface area contributed by atoms with Crippen LogP contribution < -0.4 is 10.1 Å². The zero-order valence-electron chi connectivity index (χ0n) is 17.6. The number of hydrogen-bond donors (Lipinski definition) is 2. The van der Waals surface area contributed by atoms with Crippen molar-refractivity contribution in [3.63, 3.8) is 0 Å². The number of aromatic nitrogens is 3. The van der Waals surface area contributed by atoms with Crippen LogP contribution in [0.2, 0.25) is 0 Å². The summed E-state index contributed by atoms with van der Waals surface area (Å²) in [5, 5.41) is 13.9. The first kappa shape index (κ1) is 20.3. The molecular formula is C25H23FN4O2. The third kappa shape index (κ3) is 3.65. The van der Waals surface area contributed by atoms with E-state index in [0.717, 1.165) is 11.1 Å². The lowest BCUT2D eigenvalue weighted by Crippen LogP contribution is -2.47. The highest BCUT2D eigenvalue weighted by molar-refractivity contribution is 5.74. The maximum atomic E-state index is 14.8. The maximum absolute atomic E-state index is 14.8. The molecule has 162 valence electrons. The quantitative estimate of drug-likeness (QED) is 0.591. The Morgan fingerprint density at radius 2 is 1.97 bits per heavy atom. The summed E-state index contributed by atoms with van der Waals surface area (Å²) in [6, 6.07) is 8.92. The zero-order chi connectivity index (χ0) is 22.2. The fourth-order valence-corrected chi connectivity index (χ4v) is 4.40. The fourth-order valence-electron chi connectivity index (χ4n) is 4.40. The van der Waals surface area contributed by atoms with Crippen molar-refractivity contribution < 1.29 is 14.2 Å². The number of alkyl halides is 1. The molecule has 1 aromatic carbocycles. The molecule has 7 heteroatoms. The topological polar surface area (TPSA) is 80.2 Å². The van der Waals surface area contributed by atoms with Gasteiger partial charge in [0.15, 0.2) is 0 Å². The maximum Gasteiger partial charge on any atom is 0.213 e. The molecule has 2 aromatic heterocycles. The molecule has 0 amide bonds. The average Bonchev–Trinajstić information content (AvgIpc) is 3.24. The van der Waals surface area contributed by atoms with E-state index >= 15 is 0 Å². The van der Waals surface area contributed by atoms with Gasteiger partial charge in [0, 0.05) is 29.8 Å². The number of allylic oxidation sites excluding steroid dienone is 1. The molecule has 2 N–H and O–H groups in total. The predicted molar refractivity (Wildman–Crippen MR) is 121 cm³/mol. The Balaban J connectivity index is 1.36. The van der Waals surface area contributed by atoms with Crippen LogP contribution in [-0.4, -0.2) is 45.4 Å². The van der Waals surface area contributed by atoms with Crippen LogP contribution in [0.1, 0.15) is 12.1 Å². The van der Waals surface area contributed by atoms with Crippen LogP contribution in [0.5, 0.6) is 11.6 Å². The van der Waals surface area contributed by atoms with Crippen LogP contribution in [0.4, 0.5) is 4.39 Å². The second kappa shape index (κ2) is 8.16. The van der Waals surface area contributed by atoms with E-state index < -0.39 is 6.17 Å². The van der Waals surface area contributed by atoms with Crippen LogP contribution >= 0.6 is 0 Å². The van der Waals surface area contributed by atoms with Gasteiger partial charge in [0.2, 0.25) is 5.88 Å². The lowest BCUT2D eigenvalue weighted by atomic mass is 9.83. The molecule has 2 bridgehead atoms. The predicted octanol–water partition coefficient (Wildman–Crippen LogP) is 4.19. The SMILES string of the molecule is C=C(c1cnc(-c2ccc(-c3ccnc(OC)c3)cc2O)cn1)[C@@H]1C[C@H]2C=C[C@H](N2)[C@@H]1F. The number of halogens is 1. The van der Waals surface area contributed by atoms with Gasteiger partial charge in [-0.1, -0.05) is 24.8 Å². The van der Waals surface area contributed by atoms with E-state index in [-0.39, 0.29) is 23.8 Å². The molecule has 4 heterocycles. The van der Waals surface area contributed by atoms with E-state index in [9.17, 15) is 9.50 Å². The van der Waals surface area contributed by atoms with Crippen LogP contribution in [0.15, 0.2) is 67.7 Å². The van der Waals surface area contributed by atoms with Crippen LogP contribution in [-0.2, 0) is 0 Å². The van der Waals surface area contributed by atoms with Gasteiger partial charge in [-0.25, -0.2) is 9.37 Å². The van der Waals surface area contributed by atoms with Crippen LogP contribution in [0, 0.1) is 5.92 Å². The second-order valence-electron chi connectivity index (χ2n) is 8.10. The minimum atomic E-state index is -1.04. The van der Waals surface area contributed by atoms with Crippen molar-refractivity contribution >= 4 is 5.57 Å². The van der Waals surface area contributed by atoms with Gasteiger partial charge < -0.3 is 15.2 Å². The Morgan fingerprint density at radius 1 is 1.12 bits per heavy atom. The zero-order valence-corrected chi connectivity index (χ0v) is 17.6. The van der Waals surface area contributed by atoms with E-state index in [1.807, 2.05) is 24.3 Å². The number of fused-ring (bicyclic) bond motifs is 2. The Morgan fingerprint density at radius 3 is 2.72 bits per heavy atom. The van der Waals surface area contributed by atoms with Gasteiger partial charge in [-0.2, -0.15) is 0 Å². The summed E-state index contributed by atoms with van der Waals surface area (Å²) in [5.41, 5.74) is 4.02. The molecule has 0 radical (unpaired) electrons. The number of hydrogen-bond acceptors (Lipinski definition) is 6. The number of rotatable bonds is 5. The van der Waals surface area contributed by atoms with Gasteiger partial charge >= 0.3 is 0 Å². The summed E-state index contributed by atoms with van der Waals surface area (Å²) in [6.07, 6.45) is 8.37. The third-order valence-electron chi connectivity index (χ3n) is 6.17. The van der Waals surface area contributed by atoms with E-state index in [1.54, 1.807) is 43.9 Å². The van der Waals surface area contributed by atoms with E-state index in [2.05, 4.69) is 26.8 Å². The summed E-state index contributed by atoms with van der Waals surface area (Å²) in [6.45, 7) is 4.11. The number of piperidine rings is 1. The Labute approximate surface area is 185 Å². The van der Waals surface area contributed by atoms with Crippen molar-refractivity contribution in [1.29, 1.82) is 0 Å². The van der Waals surface area contributed by atoms with Gasteiger partial charge in [-0.15, -0.1) is 0 Å². The first-order valence-corrected chi connectivity index (χ1v) is 10.5. The van der Waals surface area contributed by atoms with E-state index in [4.69, 9.17) is 4.74 Å². The first-order valence-electron chi connectivity index (χ1n) is 10.5. The van der Waals surface area contributed by atoms with Crippen molar-refractivity contribution in [3.8, 4) is 34.0 Å². The number of nitrogens with one attached hydrogen (secondary N) is 1. The lowest BCUT2D eigenvalue weighted by molar-refractivity contribution is 0.179. The van der Waals surface area contributed by atoms with Crippen LogP contribution in [0.3, 0.4) is 0 Å². The Hall–Kier alpha value is -3.58. The van der Waals surface area contributed by atoms with Gasteiger partial charge in [0.1, 0.15) is 11.9 Å². The van der Waals surface area contributed by atoms with Gasteiger partial charge in [-0.05, 0) is 41.3 Å². The average molecular weight is 430 g/mol. The van der Waals surface area contributed by atoms with Crippen molar-refractivity contribution in [2.24, 2.45) is 5.92 Å². The Kier molecular flexibility index (Phi) is 5.19. The van der Waals surface area contributed by atoms with Crippen molar-refractivity contribution in [1.82, 2.24) is 20.3 Å². The van der Waals surface area contributed by atoms with Gasteiger partial charge in [0.25, 0.3) is 0 Å². The number of methoxy groups -OCH3 is 1. The molecule has 2 aliphatic rings. The molecule has 5 rings (SSSR count). The number of phenolic OH excluding ortho intramolecular Hbond substituents is 1. The summed E-state index contributed by atoms with van der Waals surface area (Å²) in [5.74, 6) is 0.288. The standard InChI is InChI=1S/C25H23FN4O2/c1-14(19-11-17-4-6-20(30-17)25(19)26)21-12-29-22(13-28-21)18-5-3-15(9-23(18)31)16-7-8-27-24(10-16)32-2/h3-10,12-13,17,19-20,25,30-31H,1,11H2,2H3/t17-,19+,20+,25-/m1/s1. The smallest absolute Gasteiger partial charge is 0.213 e. The third-order valence-corrected chi connectivity index (χ3v) is 6.17. The highest BCUT2D eigenvalue weighted by Gasteiger charge is 2.40. The summed E-state index contributed by atoms with van der Waals surface area (Å²) >= 11 is 0. The van der Waals surface area contributed by atoms with Gasteiger partial charge in [0.05, 0.1) is 36.9 Å². The molecule has 3 aromatic rings. The molecule has 2 aliphatic heterocycles. The minimum absolute atomic E-state index is 0.0870. The van der Waals surface area contributed by atoms with Crippen LogP contribution in [0.25, 0.3) is 28.0 Å². The number of nitrogens with zero attached hydrogens (tertiary/aromatic N) is 3. The molecule has 0 unspecified atom stereocenters. The highest BCUT2D eigenvalue weighted by atomic mass is 19.1. The highest BCUT2D eigenvalue weighted by Crippen LogP contribution is 2.37. The number of pyridine rings is 1. The Bertz CT molecular complexity index is 1190. The molecule has 0 spiro atoms. The number of ether oxygens (including phenoxy) is 1. The normalized spacial score (nSPS) is 23.8. The summed E-state index contributed by atoms with van der Waals surface area (Å²) in [7, 11) is 1.56. The monoisotopic (exact) mass is 430 g/mol. The van der Waals surface area contributed by atoms with E-state index in [0.29, 0.717) is 34.8 Å². The van der Waals surface area contributed by atoms with Crippen molar-refractivity contribution in [2.75, 3.05) is 7.11 Å². The largest absolute Gasteiger partial charge is 0.507 e. The molecular weight excluding hydrogens is 407 g/mol. The molecule has 4 atom stereocenters.